The van der Waals surface area contributed by atoms with Crippen LogP contribution in [0.15, 0.2) is 36.5 Å². The van der Waals surface area contributed by atoms with E-state index >= 15 is 0 Å². The molecule has 0 heterocycles. The molecule has 0 aromatic rings. The van der Waals surface area contributed by atoms with E-state index < -0.39 is 0 Å². The fourth-order valence-corrected chi connectivity index (χ4v) is 0.680. The molecule has 2 rings (SSSR count). The van der Waals surface area contributed by atoms with Crippen LogP contribution in [0.3, 0.4) is 0 Å². The van der Waals surface area contributed by atoms with Crippen LogP contribution in [0.1, 0.15) is 12.8 Å². The Labute approximate surface area is 119 Å². The van der Waals surface area contributed by atoms with Gasteiger partial charge in [0.05, 0.1) is 0 Å². The van der Waals surface area contributed by atoms with Gasteiger partial charge in [-0.2, -0.15) is 12.2 Å². The summed E-state index contributed by atoms with van der Waals surface area (Å²) in [4.78, 5) is 0. The molecule has 2 aliphatic rings. The Morgan fingerprint density at radius 2 is 1.25 bits per heavy atom. The second kappa shape index (κ2) is 11.8. The van der Waals surface area contributed by atoms with E-state index in [2.05, 4.69) is 24.3 Å². The van der Waals surface area contributed by atoms with Crippen LogP contribution in [-0.2, 0) is 0 Å². The number of hydrogen-bond donors (Lipinski definition) is 0. The van der Waals surface area contributed by atoms with Crippen LogP contribution in [0.25, 0.3) is 0 Å². The van der Waals surface area contributed by atoms with Crippen LogP contribution in [0.5, 0.6) is 0 Å². The van der Waals surface area contributed by atoms with E-state index in [1.807, 2.05) is 24.3 Å². The zero-order valence-electron chi connectivity index (χ0n) is 6.55. The van der Waals surface area contributed by atoms with Crippen LogP contribution in [0.2, 0.25) is 0 Å². The predicted molar refractivity (Wildman–Crippen MR) is 50.4 cm³/mol. The van der Waals surface area contributed by atoms with E-state index in [1.54, 1.807) is 0 Å². The Hall–Kier alpha value is 0.769. The molecule has 0 fully saturated rings. The summed E-state index contributed by atoms with van der Waals surface area (Å²) < 4.78 is 0. The topological polar surface area (TPSA) is 0 Å². The standard InChI is InChI=1S/2C5H5.ClH.Yb/c2*1-2-4-5-3-1;;/h2*1-3H,4H2;1H;/q2*-1;;+2. The molecule has 0 nitrogen and oxygen atoms in total. The van der Waals surface area contributed by atoms with E-state index in [0.717, 1.165) is 12.8 Å². The van der Waals surface area contributed by atoms with E-state index in [1.165, 1.54) is 0 Å². The number of hydrogen-bond acceptors (Lipinski definition) is 0. The Balaban J connectivity index is 0. The quantitative estimate of drug-likeness (QED) is 0.595. The first-order chi connectivity index (χ1) is 5.00. The Kier molecular flexibility index (Phi) is 15.0. The van der Waals surface area contributed by atoms with Gasteiger partial charge in [-0.1, -0.05) is 0 Å². The fraction of sp³-hybridized carbons (Fsp3) is 0.200. The Morgan fingerprint density at radius 3 is 1.33 bits per heavy atom. The summed E-state index contributed by atoms with van der Waals surface area (Å²) in [6.07, 6.45) is 20.0. The number of rotatable bonds is 0. The maximum absolute atomic E-state index is 2.99. The third-order valence-corrected chi connectivity index (χ3v) is 1.17. The van der Waals surface area contributed by atoms with Gasteiger partial charge in [0.15, 0.2) is 0 Å². The van der Waals surface area contributed by atoms with Crippen LogP contribution < -0.4 is 0 Å². The normalized spacial score (nSPS) is 14.7. The van der Waals surface area contributed by atoms with Crippen LogP contribution in [0.4, 0.5) is 0 Å². The minimum atomic E-state index is 0. The van der Waals surface area contributed by atoms with Gasteiger partial charge in [0.2, 0.25) is 0 Å². The molecule has 0 aromatic heterocycles. The summed E-state index contributed by atoms with van der Waals surface area (Å²) >= 11 is 0. The molecule has 72 valence electrons. The van der Waals surface area contributed by atoms with Crippen molar-refractivity contribution in [3.05, 3.63) is 48.6 Å². The zero-order valence-corrected chi connectivity index (χ0v) is 9.09. The first-order valence-corrected chi connectivity index (χ1v) is 3.43. The molecule has 0 N–H and O–H groups in total. The molecule has 0 aromatic carbocycles. The average Bonchev–Trinajstić information content (AvgIpc) is 2.67. The molecule has 0 bridgehead atoms. The summed E-state index contributed by atoms with van der Waals surface area (Å²) in [6.45, 7) is 0. The molecule has 0 spiro atoms. The van der Waals surface area contributed by atoms with Gasteiger partial charge in [-0.15, -0.1) is 25.2 Å². The summed E-state index contributed by atoms with van der Waals surface area (Å²) in [7, 11) is 0. The van der Waals surface area contributed by atoms with Crippen molar-refractivity contribution in [2.75, 3.05) is 0 Å². The van der Waals surface area contributed by atoms with E-state index in [9.17, 15) is 0 Å². The summed E-state index contributed by atoms with van der Waals surface area (Å²) in [6, 6.07) is 0. The molecule has 0 aliphatic heterocycles. The van der Waals surface area contributed by atoms with Gasteiger partial charge in [-0.05, 0) is 0 Å². The maximum atomic E-state index is 2.99. The maximum Gasteiger partial charge on any atom is 2.00 e. The molecule has 0 saturated heterocycles. The first-order valence-electron chi connectivity index (χ1n) is 3.43. The Bertz CT molecular complexity index is 148. The third-order valence-electron chi connectivity index (χ3n) is 1.17. The molecule has 12 heavy (non-hydrogen) atoms. The van der Waals surface area contributed by atoms with E-state index in [4.69, 9.17) is 0 Å². The second-order valence-electron chi connectivity index (χ2n) is 2.01. The molecule has 0 saturated carbocycles. The molecular weight excluding hydrogens is 329 g/mol. The molecule has 0 atom stereocenters. The van der Waals surface area contributed by atoms with Gasteiger partial charge in [-0.3, -0.25) is 12.2 Å². The first kappa shape index (κ1) is 15.3. The molecule has 2 heteroatoms. The van der Waals surface area contributed by atoms with Gasteiger partial charge in [-0.25, -0.2) is 24.3 Å². The number of halogens is 1. The molecule has 0 radical (unpaired) electrons. The van der Waals surface area contributed by atoms with E-state index in [0.29, 0.717) is 0 Å². The van der Waals surface area contributed by atoms with Crippen molar-refractivity contribution < 1.29 is 46.9 Å². The molecule has 0 unspecified atom stereocenters. The Morgan fingerprint density at radius 1 is 0.833 bits per heavy atom. The van der Waals surface area contributed by atoms with Crippen molar-refractivity contribution in [1.29, 1.82) is 0 Å². The number of allylic oxidation sites excluding steroid dienone is 8. The van der Waals surface area contributed by atoms with Crippen LogP contribution in [0, 0.1) is 59.1 Å². The monoisotopic (exact) mass is 340 g/mol. The van der Waals surface area contributed by atoms with Gasteiger partial charge >= 0.3 is 46.9 Å². The summed E-state index contributed by atoms with van der Waals surface area (Å²) in [5.41, 5.74) is 0. The zero-order chi connectivity index (χ0) is 7.07. The van der Waals surface area contributed by atoms with Crippen LogP contribution in [-0.4, -0.2) is 0 Å². The summed E-state index contributed by atoms with van der Waals surface area (Å²) in [5.74, 6) is 0. The van der Waals surface area contributed by atoms with Crippen molar-refractivity contribution in [3.8, 4) is 0 Å². The van der Waals surface area contributed by atoms with Crippen molar-refractivity contribution >= 4 is 12.4 Å². The average molecular weight is 340 g/mol. The molecule has 2 aliphatic carbocycles. The van der Waals surface area contributed by atoms with Gasteiger partial charge in [0.1, 0.15) is 0 Å². The van der Waals surface area contributed by atoms with Crippen molar-refractivity contribution in [3.63, 3.8) is 0 Å². The van der Waals surface area contributed by atoms with Gasteiger partial charge in [0, 0.05) is 0 Å². The second-order valence-corrected chi connectivity index (χ2v) is 2.01. The summed E-state index contributed by atoms with van der Waals surface area (Å²) in [5, 5.41) is 0. The predicted octanol–water partition coefficient (Wildman–Crippen LogP) is 3.03. The smallest absolute Gasteiger partial charge is 0.273 e. The van der Waals surface area contributed by atoms with Crippen molar-refractivity contribution in [1.82, 2.24) is 0 Å². The van der Waals surface area contributed by atoms with Crippen LogP contribution >= 0.6 is 12.4 Å². The molecular formula is C10H11ClYb. The minimum absolute atomic E-state index is 0. The van der Waals surface area contributed by atoms with Crippen molar-refractivity contribution in [2.45, 2.75) is 12.8 Å². The SMILES string of the molecule is Cl.[C-]1=CC=CC1.[C-]1=CC=CC1.[Yb+2]. The minimum Gasteiger partial charge on any atom is -0.273 e. The largest absolute Gasteiger partial charge is 2.00 e. The fourth-order valence-electron chi connectivity index (χ4n) is 0.680. The molecule has 0 amide bonds. The van der Waals surface area contributed by atoms with E-state index in [-0.39, 0.29) is 59.3 Å². The van der Waals surface area contributed by atoms with Gasteiger partial charge < -0.3 is 0 Å². The van der Waals surface area contributed by atoms with Crippen molar-refractivity contribution in [2.24, 2.45) is 0 Å². The third kappa shape index (κ3) is 8.86. The van der Waals surface area contributed by atoms with Gasteiger partial charge in [0.25, 0.3) is 0 Å².